The number of anilines is 3. The molecule has 4 N–H and O–H groups in total. The van der Waals surface area contributed by atoms with E-state index in [1.807, 2.05) is 52.6 Å². The van der Waals surface area contributed by atoms with E-state index in [1.54, 1.807) is 42.6 Å². The van der Waals surface area contributed by atoms with E-state index in [9.17, 15) is 13.2 Å². The normalized spacial score (nSPS) is 12.1. The van der Waals surface area contributed by atoms with Crippen LogP contribution in [0.3, 0.4) is 0 Å². The van der Waals surface area contributed by atoms with Gasteiger partial charge in [0.2, 0.25) is 5.91 Å². The van der Waals surface area contributed by atoms with Crippen LogP contribution in [0.25, 0.3) is 21.9 Å². The van der Waals surface area contributed by atoms with Gasteiger partial charge in [0.15, 0.2) is 5.76 Å². The SMILES string of the molecule is CC(=O)Nc1ccc(-c2cnc(NC(Cc3ccc(NS(=O)(=O)O)cc3)c3csc(-c4ccccc4)n3)o2)cc1. The van der Waals surface area contributed by atoms with Gasteiger partial charge in [-0.3, -0.25) is 14.1 Å². The Hall–Kier alpha value is -4.52. The van der Waals surface area contributed by atoms with Crippen molar-refractivity contribution in [2.75, 3.05) is 15.4 Å². The summed E-state index contributed by atoms with van der Waals surface area (Å²) in [7, 11) is -4.36. The van der Waals surface area contributed by atoms with Crippen LogP contribution in [-0.2, 0) is 21.5 Å². The van der Waals surface area contributed by atoms with Crippen LogP contribution in [0.15, 0.2) is 94.9 Å². The summed E-state index contributed by atoms with van der Waals surface area (Å²) < 4.78 is 39.3. The molecule has 0 saturated carbocycles. The summed E-state index contributed by atoms with van der Waals surface area (Å²) in [5.41, 5.74) is 4.44. The van der Waals surface area contributed by atoms with Crippen molar-refractivity contribution in [3.63, 3.8) is 0 Å². The van der Waals surface area contributed by atoms with Gasteiger partial charge in [-0.1, -0.05) is 42.5 Å². The lowest BCUT2D eigenvalue weighted by Crippen LogP contribution is -2.15. The highest BCUT2D eigenvalue weighted by Crippen LogP contribution is 2.31. The number of benzene rings is 3. The lowest BCUT2D eigenvalue weighted by Gasteiger charge is -2.16. The Morgan fingerprint density at radius 2 is 1.68 bits per heavy atom. The molecule has 2 heterocycles. The molecule has 0 aliphatic rings. The molecule has 0 radical (unpaired) electrons. The Balaban J connectivity index is 1.38. The van der Waals surface area contributed by atoms with Crippen LogP contribution >= 0.6 is 11.3 Å². The molecular weight excluding hydrogens is 550 g/mol. The van der Waals surface area contributed by atoms with Gasteiger partial charge in [-0.2, -0.15) is 8.42 Å². The van der Waals surface area contributed by atoms with Crippen LogP contribution in [0.4, 0.5) is 17.4 Å². The van der Waals surface area contributed by atoms with Crippen LogP contribution in [-0.4, -0.2) is 28.8 Å². The highest BCUT2D eigenvalue weighted by molar-refractivity contribution is 7.87. The minimum absolute atomic E-state index is 0.147. The van der Waals surface area contributed by atoms with Gasteiger partial charge in [0.1, 0.15) is 5.01 Å². The van der Waals surface area contributed by atoms with Crippen LogP contribution in [0, 0.1) is 0 Å². The average Bonchev–Trinajstić information content (AvgIpc) is 3.60. The Morgan fingerprint density at radius 3 is 2.35 bits per heavy atom. The summed E-state index contributed by atoms with van der Waals surface area (Å²) in [5, 5.41) is 8.94. The third-order valence-corrected chi connectivity index (χ3v) is 7.24. The molecule has 0 fully saturated rings. The first-order valence-corrected chi connectivity index (χ1v) is 14.5. The zero-order chi connectivity index (χ0) is 28.1. The number of hydrogen-bond acceptors (Lipinski definition) is 8. The summed E-state index contributed by atoms with van der Waals surface area (Å²) in [4.78, 5) is 20.6. The zero-order valence-electron chi connectivity index (χ0n) is 21.2. The molecule has 5 aromatic rings. The molecule has 10 nitrogen and oxygen atoms in total. The van der Waals surface area contributed by atoms with Gasteiger partial charge in [-0.15, -0.1) is 11.3 Å². The van der Waals surface area contributed by atoms with Crippen molar-refractivity contribution in [1.82, 2.24) is 9.97 Å². The Kier molecular flexibility index (Phi) is 7.91. The number of carbonyl (C=O) groups is 1. The van der Waals surface area contributed by atoms with Crippen molar-refractivity contribution < 1.29 is 22.2 Å². The molecule has 1 atom stereocenters. The van der Waals surface area contributed by atoms with E-state index in [2.05, 4.69) is 15.6 Å². The van der Waals surface area contributed by atoms with Crippen LogP contribution in [0.2, 0.25) is 0 Å². The lowest BCUT2D eigenvalue weighted by molar-refractivity contribution is -0.114. The van der Waals surface area contributed by atoms with Gasteiger partial charge in [0.05, 0.1) is 23.6 Å². The van der Waals surface area contributed by atoms with E-state index in [1.165, 1.54) is 18.3 Å². The number of nitrogens with zero attached hydrogens (tertiary/aromatic N) is 2. The molecule has 0 saturated heterocycles. The molecule has 0 spiro atoms. The number of nitrogens with one attached hydrogen (secondary N) is 3. The summed E-state index contributed by atoms with van der Waals surface area (Å²) in [5.74, 6) is 0.409. The third-order valence-electron chi connectivity index (χ3n) is 5.83. The van der Waals surface area contributed by atoms with E-state index < -0.39 is 10.3 Å². The molecule has 0 aliphatic heterocycles. The number of thiazole rings is 1. The number of oxazole rings is 1. The number of hydrogen-bond donors (Lipinski definition) is 4. The number of rotatable bonds is 10. The maximum atomic E-state index is 11.3. The molecule has 1 amide bonds. The zero-order valence-corrected chi connectivity index (χ0v) is 22.9. The summed E-state index contributed by atoms with van der Waals surface area (Å²) in [6, 6.07) is 23.8. The minimum atomic E-state index is -4.36. The maximum absolute atomic E-state index is 11.3. The summed E-state index contributed by atoms with van der Waals surface area (Å²) in [6.07, 6.45) is 2.12. The van der Waals surface area contributed by atoms with Gasteiger partial charge >= 0.3 is 10.3 Å². The summed E-state index contributed by atoms with van der Waals surface area (Å²) >= 11 is 1.53. The monoisotopic (exact) mass is 575 g/mol. The van der Waals surface area contributed by atoms with Crippen molar-refractivity contribution in [3.05, 3.63) is 102 Å². The molecule has 1 unspecified atom stereocenters. The van der Waals surface area contributed by atoms with Gasteiger partial charge in [0.25, 0.3) is 6.01 Å². The molecular formula is C28H25N5O5S2. The van der Waals surface area contributed by atoms with Crippen LogP contribution < -0.4 is 15.4 Å². The molecule has 40 heavy (non-hydrogen) atoms. The topological polar surface area (TPSA) is 146 Å². The molecule has 2 aromatic heterocycles. The second-order valence-corrected chi connectivity index (χ2v) is 10.9. The van der Waals surface area contributed by atoms with Crippen LogP contribution in [0.1, 0.15) is 24.2 Å². The lowest BCUT2D eigenvalue weighted by atomic mass is 10.0. The predicted molar refractivity (Wildman–Crippen MR) is 155 cm³/mol. The Bertz CT molecular complexity index is 1700. The van der Waals surface area contributed by atoms with E-state index >= 15 is 0 Å². The van der Waals surface area contributed by atoms with Crippen molar-refractivity contribution in [2.45, 2.75) is 19.4 Å². The molecule has 3 aromatic carbocycles. The fraction of sp³-hybridized carbons (Fsp3) is 0.107. The second-order valence-electron chi connectivity index (χ2n) is 8.91. The number of carbonyl (C=O) groups excluding carboxylic acids is 1. The molecule has 0 bridgehead atoms. The van der Waals surface area contributed by atoms with Gasteiger partial charge < -0.3 is 15.1 Å². The first-order valence-electron chi connectivity index (χ1n) is 12.2. The fourth-order valence-corrected chi connectivity index (χ4v) is 5.34. The minimum Gasteiger partial charge on any atom is -0.424 e. The Morgan fingerprint density at radius 1 is 0.975 bits per heavy atom. The van der Waals surface area contributed by atoms with Gasteiger partial charge in [0, 0.05) is 29.1 Å². The van der Waals surface area contributed by atoms with Crippen molar-refractivity contribution >= 4 is 44.9 Å². The van der Waals surface area contributed by atoms with Gasteiger partial charge in [-0.25, -0.2) is 9.97 Å². The Labute approximate surface area is 235 Å². The molecule has 0 aliphatic carbocycles. The maximum Gasteiger partial charge on any atom is 0.357 e. The quantitative estimate of drug-likeness (QED) is 0.148. The number of aromatic nitrogens is 2. The van der Waals surface area contributed by atoms with E-state index in [0.717, 1.165) is 27.4 Å². The third kappa shape index (κ3) is 7.11. The first kappa shape index (κ1) is 27.1. The molecule has 204 valence electrons. The fourth-order valence-electron chi connectivity index (χ4n) is 4.03. The van der Waals surface area contributed by atoms with Gasteiger partial charge in [-0.05, 0) is 48.4 Å². The first-order chi connectivity index (χ1) is 19.2. The smallest absolute Gasteiger partial charge is 0.357 e. The van der Waals surface area contributed by atoms with E-state index in [0.29, 0.717) is 23.9 Å². The van der Waals surface area contributed by atoms with E-state index in [4.69, 9.17) is 14.0 Å². The highest BCUT2D eigenvalue weighted by Gasteiger charge is 2.20. The highest BCUT2D eigenvalue weighted by atomic mass is 32.2. The van der Waals surface area contributed by atoms with Crippen LogP contribution in [0.5, 0.6) is 0 Å². The van der Waals surface area contributed by atoms with E-state index in [-0.39, 0.29) is 17.6 Å². The molecule has 12 heteroatoms. The largest absolute Gasteiger partial charge is 0.424 e. The van der Waals surface area contributed by atoms with Crippen molar-refractivity contribution in [1.29, 1.82) is 0 Å². The standard InChI is InChI=1S/C28H25N5O5S2/c1-18(34)30-22-13-9-20(10-14-22)26-16-29-28(38-26)32-24(15-19-7-11-23(12-8-19)33-40(35,36)37)25-17-39-27(31-25)21-5-3-2-4-6-21/h2-14,16-17,24,33H,15H2,1H3,(H,29,32)(H,30,34)(H,35,36,37). The van der Waals surface area contributed by atoms with Crippen molar-refractivity contribution in [3.8, 4) is 21.9 Å². The molecule has 5 rings (SSSR count). The number of amides is 1. The predicted octanol–water partition coefficient (Wildman–Crippen LogP) is 6.03. The van der Waals surface area contributed by atoms with Crippen molar-refractivity contribution in [2.24, 2.45) is 0 Å². The summed E-state index contributed by atoms with van der Waals surface area (Å²) in [6.45, 7) is 1.45. The second kappa shape index (κ2) is 11.7. The average molecular weight is 576 g/mol.